The molecule has 0 radical (unpaired) electrons. The summed E-state index contributed by atoms with van der Waals surface area (Å²) in [6.45, 7) is 1.45. The Hall–Kier alpha value is -1.46. The van der Waals surface area contributed by atoms with Crippen LogP contribution in [0.15, 0.2) is 18.2 Å². The van der Waals surface area contributed by atoms with Gasteiger partial charge < -0.3 is 10.5 Å². The highest BCUT2D eigenvalue weighted by molar-refractivity contribution is 6.42. The third kappa shape index (κ3) is 3.80. The van der Waals surface area contributed by atoms with Crippen molar-refractivity contribution in [1.82, 2.24) is 5.32 Å². The van der Waals surface area contributed by atoms with Gasteiger partial charge in [0, 0.05) is 0 Å². The molecule has 92 valence electrons. The summed E-state index contributed by atoms with van der Waals surface area (Å²) in [5.41, 5.74) is 4.80. The van der Waals surface area contributed by atoms with E-state index in [0.29, 0.717) is 5.02 Å². The standard InChI is InChI=1S/C10H10Cl2N2O3/c1-5(9(15)14-10(13)16)17-7-4-2-3-6(11)8(7)12/h2-5H,1H3,(H3,13,14,15,16)/t5-/m1/s1. The minimum Gasteiger partial charge on any atom is -0.479 e. The molecule has 3 N–H and O–H groups in total. The lowest BCUT2D eigenvalue weighted by Gasteiger charge is -2.14. The van der Waals surface area contributed by atoms with E-state index in [4.69, 9.17) is 33.7 Å². The van der Waals surface area contributed by atoms with Crippen LogP contribution in [0.25, 0.3) is 0 Å². The Bertz CT molecular complexity index is 451. The number of benzene rings is 1. The van der Waals surface area contributed by atoms with Crippen LogP contribution < -0.4 is 15.8 Å². The quantitative estimate of drug-likeness (QED) is 0.886. The highest BCUT2D eigenvalue weighted by Gasteiger charge is 2.17. The van der Waals surface area contributed by atoms with Gasteiger partial charge in [0.05, 0.1) is 5.02 Å². The number of imide groups is 1. The minimum atomic E-state index is -0.942. The number of primary amides is 1. The van der Waals surface area contributed by atoms with Crippen molar-refractivity contribution in [2.75, 3.05) is 0 Å². The van der Waals surface area contributed by atoms with E-state index in [2.05, 4.69) is 0 Å². The van der Waals surface area contributed by atoms with Gasteiger partial charge >= 0.3 is 6.03 Å². The van der Waals surface area contributed by atoms with Crippen LogP contribution in [-0.4, -0.2) is 18.0 Å². The van der Waals surface area contributed by atoms with E-state index in [0.717, 1.165) is 0 Å². The van der Waals surface area contributed by atoms with Crippen molar-refractivity contribution in [3.8, 4) is 5.75 Å². The lowest BCUT2D eigenvalue weighted by Crippen LogP contribution is -2.42. The fourth-order valence-corrected chi connectivity index (χ4v) is 1.38. The smallest absolute Gasteiger partial charge is 0.318 e. The number of rotatable bonds is 3. The van der Waals surface area contributed by atoms with Gasteiger partial charge in [-0.05, 0) is 19.1 Å². The van der Waals surface area contributed by atoms with Crippen LogP contribution in [-0.2, 0) is 4.79 Å². The van der Waals surface area contributed by atoms with Gasteiger partial charge in [-0.3, -0.25) is 10.1 Å². The molecule has 0 fully saturated rings. The Labute approximate surface area is 108 Å². The zero-order chi connectivity index (χ0) is 13.0. The van der Waals surface area contributed by atoms with Crippen molar-refractivity contribution in [3.05, 3.63) is 28.2 Å². The van der Waals surface area contributed by atoms with Crippen molar-refractivity contribution in [2.24, 2.45) is 5.73 Å². The maximum atomic E-state index is 11.3. The van der Waals surface area contributed by atoms with Gasteiger partial charge in [0.15, 0.2) is 6.10 Å². The predicted octanol–water partition coefficient (Wildman–Crippen LogP) is 1.96. The van der Waals surface area contributed by atoms with Gasteiger partial charge in [-0.25, -0.2) is 4.79 Å². The lowest BCUT2D eigenvalue weighted by molar-refractivity contribution is -0.126. The van der Waals surface area contributed by atoms with Crippen molar-refractivity contribution < 1.29 is 14.3 Å². The van der Waals surface area contributed by atoms with Gasteiger partial charge in [-0.2, -0.15) is 0 Å². The molecular weight excluding hydrogens is 267 g/mol. The Morgan fingerprint density at radius 3 is 2.65 bits per heavy atom. The van der Waals surface area contributed by atoms with Crippen LogP contribution in [0.4, 0.5) is 4.79 Å². The van der Waals surface area contributed by atoms with Crippen molar-refractivity contribution in [3.63, 3.8) is 0 Å². The first-order valence-electron chi connectivity index (χ1n) is 4.62. The monoisotopic (exact) mass is 276 g/mol. The normalized spacial score (nSPS) is 11.7. The lowest BCUT2D eigenvalue weighted by atomic mass is 10.3. The fraction of sp³-hybridized carbons (Fsp3) is 0.200. The SMILES string of the molecule is C[C@@H](Oc1cccc(Cl)c1Cl)C(=O)NC(N)=O. The summed E-state index contributed by atoms with van der Waals surface area (Å²) in [4.78, 5) is 21.8. The second-order valence-corrected chi connectivity index (χ2v) is 3.95. The first kappa shape index (κ1) is 13.6. The molecule has 0 spiro atoms. The highest BCUT2D eigenvalue weighted by Crippen LogP contribution is 2.31. The second kappa shape index (κ2) is 5.75. The van der Waals surface area contributed by atoms with E-state index in [1.54, 1.807) is 18.2 Å². The topological polar surface area (TPSA) is 81.4 Å². The van der Waals surface area contributed by atoms with E-state index in [-0.39, 0.29) is 10.8 Å². The first-order valence-corrected chi connectivity index (χ1v) is 5.38. The van der Waals surface area contributed by atoms with E-state index in [1.165, 1.54) is 6.92 Å². The molecule has 0 saturated heterocycles. The van der Waals surface area contributed by atoms with Crippen LogP contribution >= 0.6 is 23.2 Å². The summed E-state index contributed by atoms with van der Waals surface area (Å²) < 4.78 is 5.25. The van der Waals surface area contributed by atoms with Gasteiger partial charge in [0.1, 0.15) is 10.8 Å². The third-order valence-corrected chi connectivity index (χ3v) is 2.64. The number of carbonyl (C=O) groups is 2. The molecule has 17 heavy (non-hydrogen) atoms. The zero-order valence-electron chi connectivity index (χ0n) is 8.87. The number of carbonyl (C=O) groups excluding carboxylic acids is 2. The molecule has 7 heteroatoms. The van der Waals surface area contributed by atoms with Gasteiger partial charge in [0.25, 0.3) is 5.91 Å². The zero-order valence-corrected chi connectivity index (χ0v) is 10.4. The number of amides is 3. The minimum absolute atomic E-state index is 0.202. The van der Waals surface area contributed by atoms with Crippen LogP contribution in [0.2, 0.25) is 10.0 Å². The number of urea groups is 1. The number of halogens is 2. The van der Waals surface area contributed by atoms with Gasteiger partial charge in [0.2, 0.25) is 0 Å². The maximum Gasteiger partial charge on any atom is 0.318 e. The molecule has 1 rings (SSSR count). The number of nitrogens with two attached hydrogens (primary N) is 1. The second-order valence-electron chi connectivity index (χ2n) is 3.17. The largest absolute Gasteiger partial charge is 0.479 e. The molecule has 0 bridgehead atoms. The van der Waals surface area contributed by atoms with Crippen LogP contribution in [0.1, 0.15) is 6.92 Å². The van der Waals surface area contributed by atoms with Crippen LogP contribution in [0.3, 0.4) is 0 Å². The fourth-order valence-electron chi connectivity index (χ4n) is 1.04. The summed E-state index contributed by atoms with van der Waals surface area (Å²) in [6, 6.07) is 3.83. The molecule has 0 aromatic heterocycles. The molecule has 0 aliphatic rings. The Morgan fingerprint density at radius 2 is 2.06 bits per heavy atom. The third-order valence-electron chi connectivity index (χ3n) is 1.84. The molecule has 3 amide bonds. The molecular formula is C10H10Cl2N2O3. The van der Waals surface area contributed by atoms with Crippen LogP contribution in [0, 0.1) is 0 Å². The van der Waals surface area contributed by atoms with Crippen molar-refractivity contribution in [2.45, 2.75) is 13.0 Å². The van der Waals surface area contributed by atoms with Gasteiger partial charge in [-0.15, -0.1) is 0 Å². The maximum absolute atomic E-state index is 11.3. The summed E-state index contributed by atoms with van der Waals surface area (Å²) >= 11 is 11.6. The molecule has 0 unspecified atom stereocenters. The Balaban J connectivity index is 2.74. The van der Waals surface area contributed by atoms with Crippen LogP contribution in [0.5, 0.6) is 5.75 Å². The van der Waals surface area contributed by atoms with E-state index < -0.39 is 18.0 Å². The molecule has 0 saturated carbocycles. The predicted molar refractivity (Wildman–Crippen MR) is 64.3 cm³/mol. The number of nitrogens with one attached hydrogen (secondary N) is 1. The number of ether oxygens (including phenoxy) is 1. The molecule has 0 heterocycles. The highest BCUT2D eigenvalue weighted by atomic mass is 35.5. The summed E-state index contributed by atoms with van der Waals surface area (Å²) in [5, 5.41) is 2.41. The summed E-state index contributed by atoms with van der Waals surface area (Å²) in [5.74, 6) is -0.403. The van der Waals surface area contributed by atoms with Gasteiger partial charge in [-0.1, -0.05) is 29.3 Å². The average molecular weight is 277 g/mol. The number of hydrogen-bond acceptors (Lipinski definition) is 3. The van der Waals surface area contributed by atoms with E-state index >= 15 is 0 Å². The number of hydrogen-bond donors (Lipinski definition) is 2. The van der Waals surface area contributed by atoms with E-state index in [9.17, 15) is 9.59 Å². The molecule has 0 aliphatic heterocycles. The van der Waals surface area contributed by atoms with E-state index in [1.807, 2.05) is 5.32 Å². The van der Waals surface area contributed by atoms with Crippen molar-refractivity contribution in [1.29, 1.82) is 0 Å². The Kier molecular flexibility index (Phi) is 4.60. The molecule has 1 atom stereocenters. The summed E-state index contributed by atoms with van der Waals surface area (Å²) in [6.07, 6.45) is -0.918. The molecule has 1 aromatic carbocycles. The summed E-state index contributed by atoms with van der Waals surface area (Å²) in [7, 11) is 0. The molecule has 5 nitrogen and oxygen atoms in total. The van der Waals surface area contributed by atoms with Crippen molar-refractivity contribution >= 4 is 35.1 Å². The molecule has 0 aliphatic carbocycles. The first-order chi connectivity index (χ1) is 7.91. The molecule has 1 aromatic rings. The average Bonchev–Trinajstić information content (AvgIpc) is 2.23. The Morgan fingerprint density at radius 1 is 1.41 bits per heavy atom.